The molecule has 1 aromatic heterocycles. The average Bonchev–Trinajstić information content (AvgIpc) is 3.34. The molecule has 0 bridgehead atoms. The van der Waals surface area contributed by atoms with Crippen LogP contribution in [-0.4, -0.2) is 41.2 Å². The monoisotopic (exact) mass is 339 g/mol. The molecule has 1 saturated heterocycles. The van der Waals surface area contributed by atoms with Crippen LogP contribution >= 0.6 is 0 Å². The summed E-state index contributed by atoms with van der Waals surface area (Å²) < 4.78 is 5.30. The predicted octanol–water partition coefficient (Wildman–Crippen LogP) is 3.24. The number of amides is 1. The highest BCUT2D eigenvalue weighted by Gasteiger charge is 2.46. The maximum atomic E-state index is 12.9. The van der Waals surface area contributed by atoms with Crippen LogP contribution < -0.4 is 4.74 Å². The second kappa shape index (κ2) is 6.54. The Kier molecular flexibility index (Phi) is 4.24. The van der Waals surface area contributed by atoms with Crippen molar-refractivity contribution in [3.8, 4) is 5.75 Å². The molecule has 1 aromatic carbocycles. The molecule has 0 unspecified atom stereocenters. The van der Waals surface area contributed by atoms with Crippen LogP contribution in [0.2, 0.25) is 0 Å². The maximum Gasteiger partial charge on any atom is 0.226 e. The van der Waals surface area contributed by atoms with Gasteiger partial charge in [-0.3, -0.25) is 9.89 Å². The summed E-state index contributed by atoms with van der Waals surface area (Å²) in [4.78, 5) is 15.0. The van der Waals surface area contributed by atoms with Crippen molar-refractivity contribution >= 4 is 5.91 Å². The number of hydrogen-bond acceptors (Lipinski definition) is 3. The minimum atomic E-state index is 0.131. The number of likely N-dealkylation sites (tertiary alicyclic amines) is 1. The van der Waals surface area contributed by atoms with Crippen LogP contribution in [0.5, 0.6) is 5.75 Å². The van der Waals surface area contributed by atoms with E-state index in [1.807, 2.05) is 19.1 Å². The lowest BCUT2D eigenvalue weighted by molar-refractivity contribution is -0.133. The summed E-state index contributed by atoms with van der Waals surface area (Å²) in [5.41, 5.74) is 3.39. The van der Waals surface area contributed by atoms with Gasteiger partial charge in [0, 0.05) is 30.6 Å². The number of nitrogens with zero attached hydrogens (tertiary/aromatic N) is 2. The molecule has 1 amide bonds. The summed E-state index contributed by atoms with van der Waals surface area (Å²) in [5, 5.41) is 7.42. The summed E-state index contributed by atoms with van der Waals surface area (Å²) in [5.74, 6) is 2.01. The van der Waals surface area contributed by atoms with Crippen LogP contribution in [0.4, 0.5) is 0 Å². The summed E-state index contributed by atoms with van der Waals surface area (Å²) in [7, 11) is 1.68. The smallest absolute Gasteiger partial charge is 0.226 e. The molecule has 3 atom stereocenters. The van der Waals surface area contributed by atoms with Gasteiger partial charge in [-0.15, -0.1) is 0 Å². The SMILES string of the molecule is COc1cccc([C@@H]2C[C@@H]2C(=O)N2CCC[C@H](c3cc(C)[nH]n3)C2)c1. The first kappa shape index (κ1) is 16.2. The molecule has 1 saturated carbocycles. The molecule has 0 radical (unpaired) electrons. The number of carbonyl (C=O) groups is 1. The number of aromatic amines is 1. The van der Waals surface area contributed by atoms with E-state index < -0.39 is 0 Å². The van der Waals surface area contributed by atoms with Gasteiger partial charge < -0.3 is 9.64 Å². The summed E-state index contributed by atoms with van der Waals surface area (Å²) in [6, 6.07) is 10.2. The Hall–Kier alpha value is -2.30. The van der Waals surface area contributed by atoms with Crippen molar-refractivity contribution in [2.75, 3.05) is 20.2 Å². The molecular formula is C20H25N3O2. The average molecular weight is 339 g/mol. The summed E-state index contributed by atoms with van der Waals surface area (Å²) in [6.45, 7) is 3.69. The number of ether oxygens (including phenoxy) is 1. The topological polar surface area (TPSA) is 58.2 Å². The van der Waals surface area contributed by atoms with Gasteiger partial charge in [0.05, 0.1) is 12.8 Å². The van der Waals surface area contributed by atoms with Gasteiger partial charge in [0.2, 0.25) is 5.91 Å². The molecule has 2 fully saturated rings. The number of rotatable bonds is 4. The highest BCUT2D eigenvalue weighted by Crippen LogP contribution is 2.49. The fourth-order valence-corrected chi connectivity index (χ4v) is 4.01. The van der Waals surface area contributed by atoms with Crippen molar-refractivity contribution in [1.29, 1.82) is 0 Å². The number of H-pyrrole nitrogens is 1. The molecule has 2 aliphatic rings. The molecule has 0 spiro atoms. The number of benzene rings is 1. The lowest BCUT2D eigenvalue weighted by atomic mass is 9.94. The Morgan fingerprint density at radius 3 is 3.00 bits per heavy atom. The van der Waals surface area contributed by atoms with Crippen LogP contribution in [0.25, 0.3) is 0 Å². The molecule has 1 N–H and O–H groups in total. The Labute approximate surface area is 148 Å². The summed E-state index contributed by atoms with van der Waals surface area (Å²) >= 11 is 0. The number of carbonyl (C=O) groups excluding carboxylic acids is 1. The lowest BCUT2D eigenvalue weighted by Crippen LogP contribution is -2.40. The van der Waals surface area contributed by atoms with Crippen LogP contribution in [0.15, 0.2) is 30.3 Å². The van der Waals surface area contributed by atoms with Crippen LogP contribution in [-0.2, 0) is 4.79 Å². The van der Waals surface area contributed by atoms with E-state index in [0.29, 0.717) is 17.7 Å². The van der Waals surface area contributed by atoms with E-state index in [0.717, 1.165) is 49.5 Å². The van der Waals surface area contributed by atoms with E-state index in [1.54, 1.807) is 7.11 Å². The largest absolute Gasteiger partial charge is 0.497 e. The minimum absolute atomic E-state index is 0.131. The number of aromatic nitrogens is 2. The normalized spacial score (nSPS) is 25.7. The van der Waals surface area contributed by atoms with E-state index in [-0.39, 0.29) is 5.92 Å². The van der Waals surface area contributed by atoms with E-state index in [4.69, 9.17) is 4.74 Å². The second-order valence-corrected chi connectivity index (χ2v) is 7.32. The fraction of sp³-hybridized carbons (Fsp3) is 0.500. The Bertz CT molecular complexity index is 770. The zero-order chi connectivity index (χ0) is 17.4. The van der Waals surface area contributed by atoms with Crippen molar-refractivity contribution in [2.45, 2.75) is 38.0 Å². The van der Waals surface area contributed by atoms with Gasteiger partial charge in [0.1, 0.15) is 5.75 Å². The molecule has 4 rings (SSSR count). The standard InChI is InChI=1S/C20H25N3O2/c1-13-9-19(22-21-13)15-6-4-8-23(12-15)20(24)18-11-17(18)14-5-3-7-16(10-14)25-2/h3,5,7,9-10,15,17-18H,4,6,8,11-12H2,1-2H3,(H,21,22)/t15-,17-,18-/m0/s1. The van der Waals surface area contributed by atoms with Crippen LogP contribution in [0, 0.1) is 12.8 Å². The van der Waals surface area contributed by atoms with Gasteiger partial charge >= 0.3 is 0 Å². The molecule has 1 aliphatic carbocycles. The van der Waals surface area contributed by atoms with Crippen molar-refractivity contribution < 1.29 is 9.53 Å². The quantitative estimate of drug-likeness (QED) is 0.930. The third-order valence-electron chi connectivity index (χ3n) is 5.51. The van der Waals surface area contributed by atoms with Gasteiger partial charge in [-0.1, -0.05) is 12.1 Å². The van der Waals surface area contributed by atoms with Gasteiger partial charge in [-0.25, -0.2) is 0 Å². The zero-order valence-electron chi connectivity index (χ0n) is 14.9. The predicted molar refractivity (Wildman–Crippen MR) is 95.7 cm³/mol. The van der Waals surface area contributed by atoms with Crippen molar-refractivity contribution in [2.24, 2.45) is 5.92 Å². The molecule has 5 nitrogen and oxygen atoms in total. The lowest BCUT2D eigenvalue weighted by Gasteiger charge is -2.32. The van der Waals surface area contributed by atoms with Crippen molar-refractivity contribution in [3.63, 3.8) is 0 Å². The third-order valence-corrected chi connectivity index (χ3v) is 5.51. The van der Waals surface area contributed by atoms with Crippen LogP contribution in [0.3, 0.4) is 0 Å². The first-order valence-corrected chi connectivity index (χ1v) is 9.10. The molecule has 5 heteroatoms. The summed E-state index contributed by atoms with van der Waals surface area (Å²) in [6.07, 6.45) is 3.12. The number of nitrogens with one attached hydrogen (secondary N) is 1. The highest BCUT2D eigenvalue weighted by molar-refractivity contribution is 5.83. The first-order chi connectivity index (χ1) is 12.2. The van der Waals surface area contributed by atoms with E-state index in [1.165, 1.54) is 5.56 Å². The highest BCUT2D eigenvalue weighted by atomic mass is 16.5. The number of piperidine rings is 1. The van der Waals surface area contributed by atoms with E-state index in [2.05, 4.69) is 33.3 Å². The third kappa shape index (κ3) is 3.28. The number of aryl methyl sites for hydroxylation is 1. The molecular weight excluding hydrogens is 314 g/mol. The van der Waals surface area contributed by atoms with E-state index >= 15 is 0 Å². The van der Waals surface area contributed by atoms with Gasteiger partial charge in [-0.2, -0.15) is 5.10 Å². The molecule has 25 heavy (non-hydrogen) atoms. The van der Waals surface area contributed by atoms with Gasteiger partial charge in [-0.05, 0) is 55.9 Å². The van der Waals surface area contributed by atoms with Crippen molar-refractivity contribution in [1.82, 2.24) is 15.1 Å². The fourth-order valence-electron chi connectivity index (χ4n) is 4.01. The van der Waals surface area contributed by atoms with Crippen molar-refractivity contribution in [3.05, 3.63) is 47.3 Å². The Balaban J connectivity index is 1.41. The van der Waals surface area contributed by atoms with Gasteiger partial charge in [0.25, 0.3) is 0 Å². The molecule has 2 heterocycles. The first-order valence-electron chi connectivity index (χ1n) is 9.10. The van der Waals surface area contributed by atoms with E-state index in [9.17, 15) is 4.79 Å². The minimum Gasteiger partial charge on any atom is -0.497 e. The number of methoxy groups -OCH3 is 1. The molecule has 1 aliphatic heterocycles. The Morgan fingerprint density at radius 2 is 2.24 bits per heavy atom. The number of hydrogen-bond donors (Lipinski definition) is 1. The van der Waals surface area contributed by atoms with Crippen LogP contribution in [0.1, 0.15) is 48.0 Å². The maximum absolute atomic E-state index is 12.9. The molecule has 132 valence electrons. The zero-order valence-corrected chi connectivity index (χ0v) is 14.9. The molecule has 2 aromatic rings. The second-order valence-electron chi connectivity index (χ2n) is 7.32. The van der Waals surface area contributed by atoms with Gasteiger partial charge in [0.15, 0.2) is 0 Å². The Morgan fingerprint density at radius 1 is 1.36 bits per heavy atom.